The van der Waals surface area contributed by atoms with Gasteiger partial charge in [0.2, 0.25) is 5.95 Å². The Kier molecular flexibility index (Phi) is 5.43. The Labute approximate surface area is 158 Å². The summed E-state index contributed by atoms with van der Waals surface area (Å²) in [6.07, 6.45) is 2.65. The lowest BCUT2D eigenvalue weighted by atomic mass is 9.86. The van der Waals surface area contributed by atoms with E-state index < -0.39 is 11.8 Å². The minimum Gasteiger partial charge on any atom is -0.490 e. The van der Waals surface area contributed by atoms with E-state index >= 15 is 0 Å². The molecule has 27 heavy (non-hydrogen) atoms. The highest BCUT2D eigenvalue weighted by Gasteiger charge is 2.29. The molecule has 1 aromatic heterocycles. The average Bonchev–Trinajstić information content (AvgIpc) is 3.14. The Morgan fingerprint density at radius 3 is 2.56 bits per heavy atom. The van der Waals surface area contributed by atoms with Gasteiger partial charge in [0.15, 0.2) is 0 Å². The maximum Gasteiger partial charge on any atom is 0.316 e. The van der Waals surface area contributed by atoms with E-state index in [-0.39, 0.29) is 17.5 Å². The highest BCUT2D eigenvalue weighted by atomic mass is 16.5. The van der Waals surface area contributed by atoms with E-state index in [1.165, 1.54) is 6.33 Å². The number of amides is 2. The lowest BCUT2D eigenvalue weighted by Crippen LogP contribution is -2.46. The van der Waals surface area contributed by atoms with Crippen molar-refractivity contribution in [3.8, 4) is 5.75 Å². The first-order valence-electron chi connectivity index (χ1n) is 9.06. The number of ether oxygens (including phenoxy) is 1. The monoisotopic (exact) mass is 371 g/mol. The molecular formula is C19H25N5O3. The molecule has 3 rings (SSSR count). The van der Waals surface area contributed by atoms with Crippen LogP contribution in [-0.4, -0.2) is 51.1 Å². The molecule has 0 atom stereocenters. The molecule has 0 aliphatic carbocycles. The summed E-state index contributed by atoms with van der Waals surface area (Å²) in [4.78, 5) is 29.6. The molecule has 1 aliphatic rings. The number of rotatable bonds is 3. The van der Waals surface area contributed by atoms with Gasteiger partial charge in [0, 0.05) is 25.9 Å². The Bertz CT molecular complexity index is 790. The SMILES string of the molecule is CC(C)(C)c1ccccc1OC1CCN(C(=O)C(=O)Nc2ncn[nH]2)CC1. The van der Waals surface area contributed by atoms with Crippen molar-refractivity contribution in [1.29, 1.82) is 0 Å². The fourth-order valence-corrected chi connectivity index (χ4v) is 3.12. The fourth-order valence-electron chi connectivity index (χ4n) is 3.12. The first kappa shape index (κ1) is 18.9. The van der Waals surface area contributed by atoms with Crippen LogP contribution in [0.1, 0.15) is 39.2 Å². The zero-order chi connectivity index (χ0) is 19.4. The van der Waals surface area contributed by atoms with Gasteiger partial charge in [0.05, 0.1) is 0 Å². The van der Waals surface area contributed by atoms with Crippen LogP contribution in [-0.2, 0) is 15.0 Å². The Balaban J connectivity index is 1.55. The van der Waals surface area contributed by atoms with Crippen LogP contribution in [0.3, 0.4) is 0 Å². The van der Waals surface area contributed by atoms with Crippen LogP contribution in [0.15, 0.2) is 30.6 Å². The molecule has 1 fully saturated rings. The molecule has 0 bridgehead atoms. The number of carbonyl (C=O) groups excluding carboxylic acids is 2. The van der Waals surface area contributed by atoms with E-state index in [0.717, 1.165) is 11.3 Å². The van der Waals surface area contributed by atoms with Crippen LogP contribution < -0.4 is 10.1 Å². The third-order valence-corrected chi connectivity index (χ3v) is 4.56. The smallest absolute Gasteiger partial charge is 0.316 e. The average molecular weight is 371 g/mol. The van der Waals surface area contributed by atoms with Crippen molar-refractivity contribution in [2.45, 2.75) is 45.1 Å². The number of nitrogens with one attached hydrogen (secondary N) is 2. The minimum atomic E-state index is -0.718. The fraction of sp³-hybridized carbons (Fsp3) is 0.474. The number of benzene rings is 1. The molecule has 0 radical (unpaired) electrons. The van der Waals surface area contributed by atoms with Crippen LogP contribution in [0.25, 0.3) is 0 Å². The molecule has 1 saturated heterocycles. The molecule has 8 nitrogen and oxygen atoms in total. The van der Waals surface area contributed by atoms with Gasteiger partial charge in [-0.15, -0.1) is 0 Å². The normalized spacial score (nSPS) is 15.4. The summed E-state index contributed by atoms with van der Waals surface area (Å²) in [5, 5.41) is 8.53. The largest absolute Gasteiger partial charge is 0.490 e. The Hall–Kier alpha value is -2.90. The van der Waals surface area contributed by atoms with Gasteiger partial charge in [-0.25, -0.2) is 5.10 Å². The van der Waals surface area contributed by atoms with Crippen LogP contribution in [0.4, 0.5) is 5.95 Å². The molecule has 1 aliphatic heterocycles. The number of para-hydroxylation sites is 1. The first-order chi connectivity index (χ1) is 12.8. The van der Waals surface area contributed by atoms with Gasteiger partial charge < -0.3 is 9.64 Å². The van der Waals surface area contributed by atoms with E-state index in [2.05, 4.69) is 47.3 Å². The summed E-state index contributed by atoms with van der Waals surface area (Å²) in [6.45, 7) is 7.42. The number of piperidine rings is 1. The number of nitrogens with zero attached hydrogens (tertiary/aromatic N) is 3. The molecule has 1 aromatic carbocycles. The van der Waals surface area contributed by atoms with E-state index in [4.69, 9.17) is 4.74 Å². The maximum atomic E-state index is 12.3. The summed E-state index contributed by atoms with van der Waals surface area (Å²) in [6, 6.07) is 8.06. The number of aromatic amines is 1. The standard InChI is InChI=1S/C19H25N5O3/c1-19(2,3)14-6-4-5-7-15(14)27-13-8-10-24(11-9-13)17(26)16(25)22-18-20-12-21-23-18/h4-7,12-13H,8-11H2,1-3H3,(H2,20,21,22,23,25). The van der Waals surface area contributed by atoms with Gasteiger partial charge in [-0.05, 0) is 17.0 Å². The summed E-state index contributed by atoms with van der Waals surface area (Å²) < 4.78 is 6.22. The van der Waals surface area contributed by atoms with Crippen molar-refractivity contribution in [3.05, 3.63) is 36.2 Å². The molecule has 0 unspecified atom stereocenters. The van der Waals surface area contributed by atoms with Gasteiger partial charge in [0.1, 0.15) is 18.2 Å². The van der Waals surface area contributed by atoms with Gasteiger partial charge in [0.25, 0.3) is 0 Å². The second-order valence-corrected chi connectivity index (χ2v) is 7.64. The van der Waals surface area contributed by atoms with Crippen LogP contribution in [0.5, 0.6) is 5.75 Å². The molecular weight excluding hydrogens is 346 g/mol. The summed E-state index contributed by atoms with van der Waals surface area (Å²) in [7, 11) is 0. The van der Waals surface area contributed by atoms with E-state index in [9.17, 15) is 9.59 Å². The zero-order valence-electron chi connectivity index (χ0n) is 15.9. The Morgan fingerprint density at radius 1 is 1.22 bits per heavy atom. The molecule has 144 valence electrons. The van der Waals surface area contributed by atoms with Crippen molar-refractivity contribution < 1.29 is 14.3 Å². The number of anilines is 1. The molecule has 2 amide bonds. The predicted molar refractivity (Wildman–Crippen MR) is 100 cm³/mol. The molecule has 0 spiro atoms. The molecule has 8 heteroatoms. The van der Waals surface area contributed by atoms with Crippen molar-refractivity contribution in [1.82, 2.24) is 20.1 Å². The third kappa shape index (κ3) is 4.64. The van der Waals surface area contributed by atoms with Crippen molar-refractivity contribution >= 4 is 17.8 Å². The van der Waals surface area contributed by atoms with E-state index in [0.29, 0.717) is 25.9 Å². The van der Waals surface area contributed by atoms with E-state index in [1.807, 2.05) is 18.2 Å². The predicted octanol–water partition coefficient (Wildman–Crippen LogP) is 2.11. The maximum absolute atomic E-state index is 12.3. The topological polar surface area (TPSA) is 100 Å². The van der Waals surface area contributed by atoms with Crippen molar-refractivity contribution in [3.63, 3.8) is 0 Å². The summed E-state index contributed by atoms with van der Waals surface area (Å²) in [5.74, 6) is -0.243. The van der Waals surface area contributed by atoms with Gasteiger partial charge in [-0.1, -0.05) is 39.0 Å². The van der Waals surface area contributed by atoms with Crippen LogP contribution in [0.2, 0.25) is 0 Å². The number of aromatic nitrogens is 3. The number of hydrogen-bond donors (Lipinski definition) is 2. The minimum absolute atomic E-state index is 0.00788. The number of carbonyl (C=O) groups is 2. The molecule has 0 saturated carbocycles. The Morgan fingerprint density at radius 2 is 1.93 bits per heavy atom. The van der Waals surface area contributed by atoms with Crippen LogP contribution >= 0.6 is 0 Å². The summed E-state index contributed by atoms with van der Waals surface area (Å²) in [5.41, 5.74) is 1.15. The first-order valence-corrected chi connectivity index (χ1v) is 9.06. The van der Waals surface area contributed by atoms with Gasteiger partial charge >= 0.3 is 11.8 Å². The highest BCUT2D eigenvalue weighted by molar-refractivity contribution is 6.39. The van der Waals surface area contributed by atoms with Crippen molar-refractivity contribution in [2.24, 2.45) is 0 Å². The quantitative estimate of drug-likeness (QED) is 0.805. The lowest BCUT2D eigenvalue weighted by Gasteiger charge is -2.33. The second-order valence-electron chi connectivity index (χ2n) is 7.64. The van der Waals surface area contributed by atoms with Gasteiger partial charge in [-0.2, -0.15) is 10.1 Å². The van der Waals surface area contributed by atoms with E-state index in [1.54, 1.807) is 4.90 Å². The molecule has 2 heterocycles. The number of likely N-dealkylation sites (tertiary alicyclic amines) is 1. The third-order valence-electron chi connectivity index (χ3n) is 4.56. The number of H-pyrrole nitrogens is 1. The highest BCUT2D eigenvalue weighted by Crippen LogP contribution is 2.32. The zero-order valence-corrected chi connectivity index (χ0v) is 15.9. The molecule has 2 N–H and O–H groups in total. The van der Waals surface area contributed by atoms with Gasteiger partial charge in [-0.3, -0.25) is 14.9 Å². The van der Waals surface area contributed by atoms with Crippen molar-refractivity contribution in [2.75, 3.05) is 18.4 Å². The molecule has 2 aromatic rings. The van der Waals surface area contributed by atoms with Crippen LogP contribution in [0, 0.1) is 0 Å². The lowest BCUT2D eigenvalue weighted by molar-refractivity contribution is -0.144. The number of hydrogen-bond acceptors (Lipinski definition) is 5. The second kappa shape index (κ2) is 7.77. The summed E-state index contributed by atoms with van der Waals surface area (Å²) >= 11 is 0.